The number of aryl methyl sites for hydroxylation is 3. The third-order valence-corrected chi connectivity index (χ3v) is 3.40. The van der Waals surface area contributed by atoms with Crippen molar-refractivity contribution in [1.29, 1.82) is 0 Å². The number of carbonyl (C=O) groups excluding carboxylic acids is 1. The van der Waals surface area contributed by atoms with E-state index in [4.69, 9.17) is 5.73 Å². The zero-order chi connectivity index (χ0) is 12.6. The molecule has 1 heterocycles. The molecule has 0 unspecified atom stereocenters. The van der Waals surface area contributed by atoms with Gasteiger partial charge < -0.3 is 10.6 Å². The molecule has 0 saturated carbocycles. The molecule has 1 fully saturated rings. The fraction of sp³-hybridized carbons (Fsp3) is 0.500. The summed E-state index contributed by atoms with van der Waals surface area (Å²) in [6.45, 7) is 7.53. The van der Waals surface area contributed by atoms with Crippen LogP contribution < -0.4 is 5.73 Å². The normalized spacial score (nSPS) is 19.8. The third kappa shape index (κ3) is 2.34. The molecule has 2 rings (SSSR count). The monoisotopic (exact) mass is 232 g/mol. The van der Waals surface area contributed by atoms with E-state index >= 15 is 0 Å². The van der Waals surface area contributed by atoms with Gasteiger partial charge in [0.1, 0.15) is 0 Å². The van der Waals surface area contributed by atoms with Gasteiger partial charge in [0.25, 0.3) is 5.91 Å². The summed E-state index contributed by atoms with van der Waals surface area (Å²) in [7, 11) is 0. The minimum absolute atomic E-state index is 0.132. The Balaban J connectivity index is 2.31. The molecule has 1 aromatic carbocycles. The van der Waals surface area contributed by atoms with Crippen molar-refractivity contribution in [2.24, 2.45) is 5.73 Å². The van der Waals surface area contributed by atoms with Crippen molar-refractivity contribution in [3.8, 4) is 0 Å². The number of benzene rings is 1. The molecule has 0 spiro atoms. The Morgan fingerprint density at radius 2 is 1.88 bits per heavy atom. The predicted molar refractivity (Wildman–Crippen MR) is 69.1 cm³/mol. The molecular formula is C14H20N2O. The summed E-state index contributed by atoms with van der Waals surface area (Å²) >= 11 is 0. The van der Waals surface area contributed by atoms with Crippen LogP contribution in [-0.4, -0.2) is 29.9 Å². The van der Waals surface area contributed by atoms with Crippen LogP contribution in [0.4, 0.5) is 0 Å². The summed E-state index contributed by atoms with van der Waals surface area (Å²) in [5, 5.41) is 0. The number of nitrogens with zero attached hydrogens (tertiary/aromatic N) is 1. The maximum atomic E-state index is 12.4. The highest BCUT2D eigenvalue weighted by molar-refractivity contribution is 5.97. The van der Waals surface area contributed by atoms with Gasteiger partial charge in [0, 0.05) is 24.7 Å². The van der Waals surface area contributed by atoms with E-state index < -0.39 is 0 Å². The Morgan fingerprint density at radius 1 is 1.29 bits per heavy atom. The minimum atomic E-state index is 0.132. The summed E-state index contributed by atoms with van der Waals surface area (Å²) in [4.78, 5) is 14.3. The van der Waals surface area contributed by atoms with Crippen molar-refractivity contribution in [3.05, 3.63) is 34.4 Å². The van der Waals surface area contributed by atoms with E-state index in [1.165, 1.54) is 5.56 Å². The molecule has 17 heavy (non-hydrogen) atoms. The van der Waals surface area contributed by atoms with Crippen LogP contribution in [0.15, 0.2) is 12.1 Å². The average molecular weight is 232 g/mol. The second-order valence-corrected chi connectivity index (χ2v) is 5.07. The lowest BCUT2D eigenvalue weighted by atomic mass is 9.99. The summed E-state index contributed by atoms with van der Waals surface area (Å²) in [6.07, 6.45) is 0.912. The van der Waals surface area contributed by atoms with Crippen molar-refractivity contribution < 1.29 is 4.79 Å². The van der Waals surface area contributed by atoms with Crippen molar-refractivity contribution in [2.75, 3.05) is 13.1 Å². The zero-order valence-corrected chi connectivity index (χ0v) is 10.8. The van der Waals surface area contributed by atoms with Gasteiger partial charge in [0.05, 0.1) is 0 Å². The Labute approximate surface area is 103 Å². The molecule has 0 bridgehead atoms. The topological polar surface area (TPSA) is 46.3 Å². The van der Waals surface area contributed by atoms with Crippen LogP contribution in [0.1, 0.15) is 33.5 Å². The van der Waals surface area contributed by atoms with Crippen LogP contribution >= 0.6 is 0 Å². The van der Waals surface area contributed by atoms with Crippen LogP contribution in [0.5, 0.6) is 0 Å². The lowest BCUT2D eigenvalue weighted by molar-refractivity contribution is 0.0789. The SMILES string of the molecule is Cc1cc(C)c(C(=O)N2CC[C@@H](N)C2)c(C)c1. The number of rotatable bonds is 1. The first-order valence-corrected chi connectivity index (χ1v) is 6.11. The van der Waals surface area contributed by atoms with Crippen LogP contribution in [0.25, 0.3) is 0 Å². The van der Waals surface area contributed by atoms with Crippen LogP contribution in [0.2, 0.25) is 0 Å². The number of amides is 1. The Kier molecular flexibility index (Phi) is 3.20. The smallest absolute Gasteiger partial charge is 0.254 e. The molecule has 1 aliphatic heterocycles. The fourth-order valence-corrected chi connectivity index (χ4v) is 2.65. The van der Waals surface area contributed by atoms with Crippen molar-refractivity contribution in [2.45, 2.75) is 33.2 Å². The van der Waals surface area contributed by atoms with Gasteiger partial charge in [-0.2, -0.15) is 0 Å². The first kappa shape index (κ1) is 12.1. The molecule has 1 amide bonds. The predicted octanol–water partition coefficient (Wildman–Crippen LogP) is 1.79. The quantitative estimate of drug-likeness (QED) is 0.802. The molecular weight excluding hydrogens is 212 g/mol. The summed E-state index contributed by atoms with van der Waals surface area (Å²) in [6, 6.07) is 4.27. The van der Waals surface area contributed by atoms with Gasteiger partial charge >= 0.3 is 0 Å². The summed E-state index contributed by atoms with van der Waals surface area (Å²) < 4.78 is 0. The Morgan fingerprint density at radius 3 is 2.35 bits per heavy atom. The van der Waals surface area contributed by atoms with Gasteiger partial charge in [-0.25, -0.2) is 0 Å². The van der Waals surface area contributed by atoms with E-state index in [1.54, 1.807) is 0 Å². The molecule has 0 aliphatic carbocycles. The molecule has 0 radical (unpaired) electrons. The standard InChI is InChI=1S/C14H20N2O/c1-9-6-10(2)13(11(3)7-9)14(17)16-5-4-12(15)8-16/h6-7,12H,4-5,8,15H2,1-3H3/t12-/m1/s1. The highest BCUT2D eigenvalue weighted by Crippen LogP contribution is 2.20. The zero-order valence-electron chi connectivity index (χ0n) is 10.8. The van der Waals surface area contributed by atoms with E-state index in [0.717, 1.165) is 29.7 Å². The van der Waals surface area contributed by atoms with Crippen molar-refractivity contribution in [3.63, 3.8) is 0 Å². The van der Waals surface area contributed by atoms with Crippen molar-refractivity contribution in [1.82, 2.24) is 4.90 Å². The van der Waals surface area contributed by atoms with Gasteiger partial charge in [-0.1, -0.05) is 17.7 Å². The van der Waals surface area contributed by atoms with E-state index in [2.05, 4.69) is 19.1 Å². The highest BCUT2D eigenvalue weighted by atomic mass is 16.2. The second-order valence-electron chi connectivity index (χ2n) is 5.07. The van der Waals surface area contributed by atoms with Gasteiger partial charge in [0.15, 0.2) is 0 Å². The lowest BCUT2D eigenvalue weighted by Gasteiger charge is -2.19. The first-order valence-electron chi connectivity index (χ1n) is 6.11. The van der Waals surface area contributed by atoms with Gasteiger partial charge in [-0.3, -0.25) is 4.79 Å². The molecule has 0 aromatic heterocycles. The van der Waals surface area contributed by atoms with E-state index in [9.17, 15) is 4.79 Å². The molecule has 3 nitrogen and oxygen atoms in total. The Bertz CT molecular complexity index is 431. The third-order valence-electron chi connectivity index (χ3n) is 3.40. The number of hydrogen-bond donors (Lipinski definition) is 1. The Hall–Kier alpha value is -1.35. The van der Waals surface area contributed by atoms with E-state index in [1.807, 2.05) is 18.7 Å². The fourth-order valence-electron chi connectivity index (χ4n) is 2.65. The van der Waals surface area contributed by atoms with Gasteiger partial charge in [-0.05, 0) is 38.3 Å². The number of hydrogen-bond acceptors (Lipinski definition) is 2. The van der Waals surface area contributed by atoms with Gasteiger partial charge in [-0.15, -0.1) is 0 Å². The first-order chi connectivity index (χ1) is 7.99. The van der Waals surface area contributed by atoms with E-state index in [0.29, 0.717) is 6.54 Å². The molecule has 92 valence electrons. The average Bonchev–Trinajstić information content (AvgIpc) is 2.63. The van der Waals surface area contributed by atoms with Crippen molar-refractivity contribution >= 4 is 5.91 Å². The second kappa shape index (κ2) is 4.49. The van der Waals surface area contributed by atoms with Crippen LogP contribution in [-0.2, 0) is 0 Å². The number of likely N-dealkylation sites (tertiary alicyclic amines) is 1. The summed E-state index contributed by atoms with van der Waals surface area (Å²) in [5.74, 6) is 0.132. The molecule has 3 heteroatoms. The lowest BCUT2D eigenvalue weighted by Crippen LogP contribution is -2.32. The summed E-state index contributed by atoms with van der Waals surface area (Å²) in [5.41, 5.74) is 10.0. The van der Waals surface area contributed by atoms with Crippen LogP contribution in [0.3, 0.4) is 0 Å². The van der Waals surface area contributed by atoms with E-state index in [-0.39, 0.29) is 11.9 Å². The molecule has 1 aliphatic rings. The highest BCUT2D eigenvalue weighted by Gasteiger charge is 2.26. The largest absolute Gasteiger partial charge is 0.337 e. The molecule has 2 N–H and O–H groups in total. The maximum absolute atomic E-state index is 12.4. The molecule has 1 atom stereocenters. The molecule has 1 saturated heterocycles. The minimum Gasteiger partial charge on any atom is -0.337 e. The molecule has 1 aromatic rings. The number of carbonyl (C=O) groups is 1. The van der Waals surface area contributed by atoms with Crippen LogP contribution in [0, 0.1) is 20.8 Å². The maximum Gasteiger partial charge on any atom is 0.254 e. The number of nitrogens with two attached hydrogens (primary N) is 1. The van der Waals surface area contributed by atoms with Gasteiger partial charge in [0.2, 0.25) is 0 Å².